The van der Waals surface area contributed by atoms with Gasteiger partial charge in [0.2, 0.25) is 0 Å². The third-order valence-corrected chi connectivity index (χ3v) is 6.25. The highest BCUT2D eigenvalue weighted by molar-refractivity contribution is 6.02. The van der Waals surface area contributed by atoms with Gasteiger partial charge in [-0.25, -0.2) is 4.79 Å². The average molecular weight is 510 g/mol. The molecule has 10 heteroatoms. The number of fused-ring (bicyclic) bond motifs is 1. The molecule has 3 aromatic rings. The minimum atomic E-state index is -1.04. The quantitative estimate of drug-likeness (QED) is 0.429. The summed E-state index contributed by atoms with van der Waals surface area (Å²) < 4.78 is 7.74. The molecule has 2 heterocycles. The van der Waals surface area contributed by atoms with Gasteiger partial charge in [0.25, 0.3) is 11.9 Å². The zero-order chi connectivity index (χ0) is 27.5. The number of para-hydroxylation sites is 1. The van der Waals surface area contributed by atoms with Crippen LogP contribution in [0.2, 0.25) is 0 Å². The summed E-state index contributed by atoms with van der Waals surface area (Å²) in [6, 6.07) is 13.8. The number of ether oxygens (including phenoxy) is 1. The van der Waals surface area contributed by atoms with Crippen molar-refractivity contribution in [3.8, 4) is 0 Å². The maximum Gasteiger partial charge on any atom is 0.335 e. The van der Waals surface area contributed by atoms with Crippen LogP contribution >= 0.6 is 0 Å². The molecule has 0 spiro atoms. The number of aromatic carboxylic acids is 1. The number of nitrogens with zero attached hydrogens (tertiary/aromatic N) is 2. The van der Waals surface area contributed by atoms with Gasteiger partial charge >= 0.3 is 11.9 Å². The Hall–Kier alpha value is -4.18. The Balaban J connectivity index is 0.000000886. The molecule has 1 amide bonds. The molecular formula is C27H31N3O7. The highest BCUT2D eigenvalue weighted by atomic mass is 16.6. The predicted molar refractivity (Wildman–Crippen MR) is 137 cm³/mol. The molecule has 1 aromatic heterocycles. The van der Waals surface area contributed by atoms with E-state index in [9.17, 15) is 14.4 Å². The zero-order valence-electron chi connectivity index (χ0n) is 21.2. The van der Waals surface area contributed by atoms with Gasteiger partial charge in [-0.1, -0.05) is 32.0 Å². The molecule has 0 unspecified atom stereocenters. The Bertz CT molecular complexity index is 1320. The topological polar surface area (TPSA) is 152 Å². The largest absolute Gasteiger partial charge is 0.481 e. The van der Waals surface area contributed by atoms with Crippen LogP contribution in [0.1, 0.15) is 42.6 Å². The van der Waals surface area contributed by atoms with Gasteiger partial charge in [-0.3, -0.25) is 14.4 Å². The van der Waals surface area contributed by atoms with Crippen molar-refractivity contribution in [1.29, 1.82) is 0 Å². The monoisotopic (exact) mass is 509 g/mol. The van der Waals surface area contributed by atoms with Crippen molar-refractivity contribution in [2.45, 2.75) is 32.8 Å². The summed E-state index contributed by atoms with van der Waals surface area (Å²) in [5, 5.41) is 17.4. The van der Waals surface area contributed by atoms with Gasteiger partial charge in [0.05, 0.1) is 11.5 Å². The maximum absolute atomic E-state index is 13.2. The second-order valence-corrected chi connectivity index (χ2v) is 9.60. The number of rotatable bonds is 6. The van der Waals surface area contributed by atoms with Gasteiger partial charge in [-0.2, -0.15) is 0 Å². The Morgan fingerprint density at radius 2 is 1.70 bits per heavy atom. The van der Waals surface area contributed by atoms with Crippen molar-refractivity contribution in [1.82, 2.24) is 4.57 Å². The smallest absolute Gasteiger partial charge is 0.335 e. The van der Waals surface area contributed by atoms with E-state index in [-0.39, 0.29) is 18.0 Å². The molecule has 1 fully saturated rings. The lowest BCUT2D eigenvalue weighted by Crippen LogP contribution is -2.38. The number of carbonyl (C=O) groups is 4. The van der Waals surface area contributed by atoms with E-state index in [4.69, 9.17) is 25.5 Å². The van der Waals surface area contributed by atoms with E-state index >= 15 is 0 Å². The summed E-state index contributed by atoms with van der Waals surface area (Å²) >= 11 is 0. The van der Waals surface area contributed by atoms with Gasteiger partial charge in [-0.15, -0.1) is 0 Å². The number of esters is 1. The van der Waals surface area contributed by atoms with Crippen molar-refractivity contribution < 1.29 is 34.1 Å². The molecule has 0 saturated carbocycles. The Labute approximate surface area is 214 Å². The van der Waals surface area contributed by atoms with E-state index in [2.05, 4.69) is 0 Å². The molecular weight excluding hydrogens is 478 g/mol. The van der Waals surface area contributed by atoms with Crippen LogP contribution in [0.3, 0.4) is 0 Å². The molecule has 4 rings (SSSR count). The van der Waals surface area contributed by atoms with Crippen LogP contribution in [-0.2, 0) is 26.2 Å². The number of hydrogen-bond acceptors (Lipinski definition) is 6. The summed E-state index contributed by atoms with van der Waals surface area (Å²) in [5.74, 6) is -3.46. The zero-order valence-corrected chi connectivity index (χ0v) is 21.2. The number of aliphatic carboxylic acids is 1. The van der Waals surface area contributed by atoms with Crippen LogP contribution in [0.25, 0.3) is 10.9 Å². The van der Waals surface area contributed by atoms with Crippen molar-refractivity contribution in [3.63, 3.8) is 0 Å². The van der Waals surface area contributed by atoms with Gasteiger partial charge in [0.1, 0.15) is 0 Å². The Kier molecular flexibility index (Phi) is 8.03. The van der Waals surface area contributed by atoms with E-state index in [1.165, 1.54) is 17.0 Å². The van der Waals surface area contributed by atoms with Gasteiger partial charge in [0, 0.05) is 55.3 Å². The Morgan fingerprint density at radius 3 is 2.27 bits per heavy atom. The second kappa shape index (κ2) is 10.8. The summed E-state index contributed by atoms with van der Waals surface area (Å²) in [6.45, 7) is 5.19. The van der Waals surface area contributed by atoms with Gasteiger partial charge in [0.15, 0.2) is 6.10 Å². The molecule has 37 heavy (non-hydrogen) atoms. The number of anilines is 1. The lowest BCUT2D eigenvalue weighted by Gasteiger charge is -2.25. The maximum atomic E-state index is 13.2. The third kappa shape index (κ3) is 5.80. The fourth-order valence-electron chi connectivity index (χ4n) is 4.46. The number of carbonyl (C=O) groups excluding carboxylic acids is 2. The molecule has 2 atom stereocenters. The first-order valence-corrected chi connectivity index (χ1v) is 11.7. The molecule has 1 aliphatic heterocycles. The van der Waals surface area contributed by atoms with Crippen LogP contribution in [-0.4, -0.2) is 57.8 Å². The molecule has 2 aromatic carbocycles. The number of amides is 1. The molecule has 196 valence electrons. The first-order chi connectivity index (χ1) is 17.4. The van der Waals surface area contributed by atoms with E-state index in [0.29, 0.717) is 12.2 Å². The van der Waals surface area contributed by atoms with Gasteiger partial charge in [-0.05, 0) is 35.9 Å². The number of aromatic nitrogens is 1. The minimum Gasteiger partial charge on any atom is -0.481 e. The molecule has 1 saturated heterocycles. The van der Waals surface area contributed by atoms with Crippen LogP contribution in [0, 0.1) is 5.41 Å². The van der Waals surface area contributed by atoms with Crippen LogP contribution in [0.5, 0.6) is 0 Å². The highest BCUT2D eigenvalue weighted by Gasteiger charge is 2.50. The number of hydrogen-bond donors (Lipinski definition) is 3. The number of carboxylic acids is 2. The lowest BCUT2D eigenvalue weighted by atomic mass is 9.89. The van der Waals surface area contributed by atoms with Crippen molar-refractivity contribution in [2.75, 3.05) is 18.0 Å². The molecule has 0 bridgehead atoms. The van der Waals surface area contributed by atoms with Crippen molar-refractivity contribution in [3.05, 3.63) is 65.9 Å². The van der Waals surface area contributed by atoms with E-state index in [1.807, 2.05) is 55.9 Å². The predicted octanol–water partition coefficient (Wildman–Crippen LogP) is 2.99. The first-order valence-electron chi connectivity index (χ1n) is 11.7. The van der Waals surface area contributed by atoms with Crippen LogP contribution in [0.4, 0.5) is 5.69 Å². The molecule has 4 N–H and O–H groups in total. The summed E-state index contributed by atoms with van der Waals surface area (Å²) in [6.07, 6.45) is 0.898. The SMILES string of the molecule is CC(=O)O.Cn1cc([C@@H](CN)C(=O)O[C@H]2C(=O)N(c3ccc(C(=O)O)cc3)CC2(C)C)c2ccccc21. The van der Waals surface area contributed by atoms with Crippen LogP contribution < -0.4 is 10.6 Å². The summed E-state index contributed by atoms with van der Waals surface area (Å²) in [5.41, 5.74) is 7.78. The normalized spacial score (nSPS) is 17.2. The number of carboxylic acid groups (broad SMARTS) is 2. The highest BCUT2D eigenvalue weighted by Crippen LogP contribution is 2.37. The average Bonchev–Trinajstić information content (AvgIpc) is 3.28. The first kappa shape index (κ1) is 27.4. The molecule has 1 aliphatic rings. The minimum absolute atomic E-state index is 0.0501. The fraction of sp³-hybridized carbons (Fsp3) is 0.333. The summed E-state index contributed by atoms with van der Waals surface area (Å²) in [4.78, 5) is 48.1. The third-order valence-electron chi connectivity index (χ3n) is 6.25. The number of nitrogens with two attached hydrogens (primary N) is 1. The van der Waals surface area contributed by atoms with Crippen molar-refractivity contribution in [2.24, 2.45) is 18.2 Å². The number of aryl methyl sites for hydroxylation is 1. The number of benzene rings is 2. The second-order valence-electron chi connectivity index (χ2n) is 9.60. The van der Waals surface area contributed by atoms with Gasteiger partial charge < -0.3 is 30.2 Å². The lowest BCUT2D eigenvalue weighted by molar-refractivity contribution is -0.159. The van der Waals surface area contributed by atoms with E-state index < -0.39 is 35.3 Å². The molecule has 0 radical (unpaired) electrons. The molecule has 0 aliphatic carbocycles. The molecule has 10 nitrogen and oxygen atoms in total. The van der Waals surface area contributed by atoms with E-state index in [1.54, 1.807) is 12.1 Å². The summed E-state index contributed by atoms with van der Waals surface area (Å²) in [7, 11) is 1.90. The van der Waals surface area contributed by atoms with Crippen molar-refractivity contribution >= 4 is 40.4 Å². The fourth-order valence-corrected chi connectivity index (χ4v) is 4.46. The van der Waals surface area contributed by atoms with Crippen LogP contribution in [0.15, 0.2) is 54.7 Å². The Morgan fingerprint density at radius 1 is 1.11 bits per heavy atom. The standard InChI is InChI=1S/C25H27N3O5.C2H4O2/c1-25(2)14-28(16-10-8-15(9-11-16)23(30)31)22(29)21(25)33-24(32)18(12-26)19-13-27(3)20-7-5-4-6-17(19)20;1-2(3)4/h4-11,13,18,21H,12,14,26H2,1-3H3,(H,30,31);1H3,(H,3,4)/t18-,21+;/m1./s1. The van der Waals surface area contributed by atoms with E-state index in [0.717, 1.165) is 23.4 Å².